The highest BCUT2D eigenvalue weighted by Crippen LogP contribution is 2.27. The van der Waals surface area contributed by atoms with Crippen LogP contribution >= 0.6 is 12.2 Å². The monoisotopic (exact) mass is 375 g/mol. The maximum Gasteiger partial charge on any atom is 0.508 e. The highest BCUT2D eigenvalue weighted by Gasteiger charge is 2.47. The Hall–Kier alpha value is -2.74. The Kier molecular flexibility index (Phi) is 6.46. The first kappa shape index (κ1) is 19.6. The minimum Gasteiger partial charge on any atom is -0.430 e. The highest BCUT2D eigenvalue weighted by molar-refractivity contribution is 7.80. The summed E-state index contributed by atoms with van der Waals surface area (Å²) in [5.74, 6) is -1.27. The summed E-state index contributed by atoms with van der Waals surface area (Å²) in [6, 6.07) is 6.10. The minimum absolute atomic E-state index is 0.00972. The molecule has 1 amide bonds. The van der Waals surface area contributed by atoms with Gasteiger partial charge in [0.2, 0.25) is 0 Å². The fourth-order valence-corrected chi connectivity index (χ4v) is 2.77. The first-order chi connectivity index (χ1) is 12.3. The summed E-state index contributed by atoms with van der Waals surface area (Å²) in [5, 5.41) is 3.86. The third-order valence-corrected chi connectivity index (χ3v) is 4.20. The topological polar surface area (TPSA) is 110 Å². The first-order valence-corrected chi connectivity index (χ1v) is 8.36. The number of nitrogens with zero attached hydrogens (tertiary/aromatic N) is 1. The lowest BCUT2D eigenvalue weighted by Gasteiger charge is -2.36. The van der Waals surface area contributed by atoms with Crippen molar-refractivity contribution in [2.45, 2.75) is 25.5 Å². The van der Waals surface area contributed by atoms with Crippen molar-refractivity contribution in [3.63, 3.8) is 0 Å². The fourth-order valence-electron chi connectivity index (χ4n) is 2.64. The fraction of sp³-hybridized carbons (Fsp3) is 0.333. The number of amides is 1. The Morgan fingerprint density at radius 1 is 1.42 bits per heavy atom. The van der Waals surface area contributed by atoms with E-state index in [-0.39, 0.29) is 23.8 Å². The van der Waals surface area contributed by atoms with E-state index >= 15 is 0 Å². The number of carbonyl (C=O) groups excluding carboxylic acids is 3. The van der Waals surface area contributed by atoms with Crippen molar-refractivity contribution in [1.29, 1.82) is 0 Å². The largest absolute Gasteiger partial charge is 0.508 e. The Labute approximate surface area is 156 Å². The van der Waals surface area contributed by atoms with Gasteiger partial charge in [0.1, 0.15) is 17.7 Å². The van der Waals surface area contributed by atoms with Crippen molar-refractivity contribution in [3.05, 3.63) is 48.0 Å². The molecule has 0 aromatic heterocycles. The van der Waals surface area contributed by atoms with Gasteiger partial charge in [-0.25, -0.2) is 10.1 Å². The van der Waals surface area contributed by atoms with Crippen LogP contribution in [0.25, 0.3) is 0 Å². The predicted octanol–water partition coefficient (Wildman–Crippen LogP) is 1.75. The van der Waals surface area contributed by atoms with E-state index in [4.69, 9.17) is 27.4 Å². The second-order valence-corrected chi connectivity index (χ2v) is 6.25. The van der Waals surface area contributed by atoms with Gasteiger partial charge in [-0.3, -0.25) is 9.59 Å². The number of β-lactam (4-membered cyclic amide) rings is 1. The van der Waals surface area contributed by atoms with E-state index < -0.39 is 30.1 Å². The summed E-state index contributed by atoms with van der Waals surface area (Å²) in [5.41, 5.74) is 6.59. The second kappa shape index (κ2) is 8.57. The average Bonchev–Trinajstić information content (AvgIpc) is 2.59. The number of ether oxygens (including phenoxy) is 2. The predicted molar refractivity (Wildman–Crippen MR) is 97.8 cm³/mol. The van der Waals surface area contributed by atoms with Gasteiger partial charge < -0.3 is 15.2 Å². The maximum atomic E-state index is 12.5. The van der Waals surface area contributed by atoms with E-state index in [0.717, 1.165) is 0 Å². The van der Waals surface area contributed by atoms with Crippen LogP contribution in [-0.4, -0.2) is 41.6 Å². The van der Waals surface area contributed by atoms with Gasteiger partial charge in [-0.15, -0.1) is 0 Å². The van der Waals surface area contributed by atoms with Gasteiger partial charge >= 0.3 is 6.16 Å². The van der Waals surface area contributed by atoms with Gasteiger partial charge in [0.15, 0.2) is 5.78 Å². The van der Waals surface area contributed by atoms with Crippen LogP contribution in [0.3, 0.4) is 0 Å². The van der Waals surface area contributed by atoms with Gasteiger partial charge in [0.25, 0.3) is 5.91 Å². The van der Waals surface area contributed by atoms with Crippen LogP contribution in [0.15, 0.2) is 36.9 Å². The molecular weight excluding hydrogens is 356 g/mol. The molecule has 0 unspecified atom stereocenters. The van der Waals surface area contributed by atoms with Gasteiger partial charge in [-0.05, 0) is 13.0 Å². The number of carbonyl (C=O) groups is 3. The molecule has 1 fully saturated rings. The van der Waals surface area contributed by atoms with Crippen LogP contribution in [0.2, 0.25) is 0 Å². The molecular formula is C18H19N2O5S. The summed E-state index contributed by atoms with van der Waals surface area (Å²) in [4.78, 5) is 35.9. The lowest BCUT2D eigenvalue weighted by Crippen LogP contribution is -2.58. The van der Waals surface area contributed by atoms with Gasteiger partial charge in [0, 0.05) is 17.5 Å². The lowest BCUT2D eigenvalue weighted by molar-refractivity contribution is -0.141. The van der Waals surface area contributed by atoms with Crippen LogP contribution in [-0.2, 0) is 14.3 Å². The Morgan fingerprint density at radius 2 is 2.12 bits per heavy atom. The standard InChI is InChI=1S/C18H19N2O5S/c1-3-7-24-18(23)25-10(2)15-13(20-17(15)22)9-14(21)11-5-4-6-12(8-11)16(19)26/h3-6,8,10,13,15H,1,7,9H2,2H3,(H2,19,26)/t10-,13-,15-/m1/s1. The molecule has 0 aliphatic carbocycles. The molecule has 1 radical (unpaired) electrons. The quantitative estimate of drug-likeness (QED) is 0.242. The molecule has 8 heteroatoms. The highest BCUT2D eigenvalue weighted by atomic mass is 32.1. The van der Waals surface area contributed by atoms with Crippen LogP contribution < -0.4 is 11.1 Å². The zero-order valence-electron chi connectivity index (χ0n) is 14.2. The number of nitrogens with two attached hydrogens (primary N) is 1. The van der Waals surface area contributed by atoms with E-state index in [2.05, 4.69) is 11.9 Å². The summed E-state index contributed by atoms with van der Waals surface area (Å²) < 4.78 is 9.79. The SMILES string of the molecule is C=CCOC(=O)O[C@H](C)[C@H]1C(=O)[N][C@@H]1CC(=O)c1cccc(C(N)=S)c1. The number of ketones is 1. The second-order valence-electron chi connectivity index (χ2n) is 5.81. The molecule has 26 heavy (non-hydrogen) atoms. The molecule has 2 N–H and O–H groups in total. The maximum absolute atomic E-state index is 12.5. The van der Waals surface area contributed by atoms with Crippen molar-refractivity contribution >= 4 is 35.1 Å². The zero-order valence-corrected chi connectivity index (χ0v) is 15.0. The summed E-state index contributed by atoms with van der Waals surface area (Å²) in [6.45, 7) is 5.00. The molecule has 0 spiro atoms. The average molecular weight is 375 g/mol. The first-order valence-electron chi connectivity index (χ1n) is 7.95. The molecule has 1 aliphatic rings. The summed E-state index contributed by atoms with van der Waals surface area (Å²) >= 11 is 4.91. The zero-order chi connectivity index (χ0) is 19.3. The summed E-state index contributed by atoms with van der Waals surface area (Å²) in [7, 11) is 0. The Balaban J connectivity index is 1.98. The third kappa shape index (κ3) is 4.66. The van der Waals surface area contributed by atoms with Crippen LogP contribution in [0.4, 0.5) is 4.79 Å². The third-order valence-electron chi connectivity index (χ3n) is 3.96. The number of Topliss-reactive ketones (excluding diaryl/α,β-unsaturated/α-hetero) is 1. The molecule has 1 aromatic carbocycles. The summed E-state index contributed by atoms with van der Waals surface area (Å²) in [6.07, 6.45) is -0.227. The molecule has 7 nitrogen and oxygen atoms in total. The van der Waals surface area contributed by atoms with E-state index in [9.17, 15) is 14.4 Å². The van der Waals surface area contributed by atoms with Crippen LogP contribution in [0, 0.1) is 5.92 Å². The molecule has 1 aromatic rings. The van der Waals surface area contributed by atoms with E-state index in [1.807, 2.05) is 0 Å². The molecule has 0 bridgehead atoms. The minimum atomic E-state index is -0.897. The Bertz CT molecular complexity index is 749. The van der Waals surface area contributed by atoms with Crippen molar-refractivity contribution in [2.75, 3.05) is 6.61 Å². The van der Waals surface area contributed by atoms with Gasteiger partial charge in [-0.2, -0.15) is 0 Å². The number of hydrogen-bond acceptors (Lipinski definition) is 6. The van der Waals surface area contributed by atoms with E-state index in [0.29, 0.717) is 11.1 Å². The molecule has 1 aliphatic heterocycles. The number of thiocarbonyl (C=S) groups is 1. The van der Waals surface area contributed by atoms with Gasteiger partial charge in [-0.1, -0.05) is 43.1 Å². The molecule has 1 saturated heterocycles. The molecule has 0 saturated carbocycles. The Morgan fingerprint density at radius 3 is 2.73 bits per heavy atom. The van der Waals surface area contributed by atoms with Crippen LogP contribution in [0.1, 0.15) is 29.3 Å². The number of benzene rings is 1. The smallest absolute Gasteiger partial charge is 0.430 e. The number of rotatable bonds is 8. The van der Waals surface area contributed by atoms with E-state index in [1.54, 1.807) is 31.2 Å². The molecule has 3 atom stereocenters. The molecule has 2 rings (SSSR count). The lowest BCUT2D eigenvalue weighted by atomic mass is 9.82. The molecule has 137 valence electrons. The normalized spacial score (nSPS) is 19.5. The van der Waals surface area contributed by atoms with Crippen molar-refractivity contribution in [3.8, 4) is 0 Å². The van der Waals surface area contributed by atoms with Crippen molar-refractivity contribution in [2.24, 2.45) is 11.7 Å². The number of hydrogen-bond donors (Lipinski definition) is 1. The van der Waals surface area contributed by atoms with Crippen molar-refractivity contribution in [1.82, 2.24) is 5.32 Å². The van der Waals surface area contributed by atoms with Crippen LogP contribution in [0.5, 0.6) is 0 Å². The van der Waals surface area contributed by atoms with Crippen molar-refractivity contribution < 1.29 is 23.9 Å². The van der Waals surface area contributed by atoms with Gasteiger partial charge in [0.05, 0.1) is 12.0 Å². The van der Waals surface area contributed by atoms with E-state index in [1.165, 1.54) is 6.08 Å². The molecule has 1 heterocycles.